The summed E-state index contributed by atoms with van der Waals surface area (Å²) in [7, 11) is 0. The maximum absolute atomic E-state index is 3.65. The minimum absolute atomic E-state index is 0.533. The van der Waals surface area contributed by atoms with Gasteiger partial charge in [0.1, 0.15) is 0 Å². The van der Waals surface area contributed by atoms with Crippen LogP contribution in [-0.4, -0.2) is 36.6 Å². The molecule has 0 saturated carbocycles. The molecule has 2 nitrogen and oxygen atoms in total. The molecule has 0 amide bonds. The van der Waals surface area contributed by atoms with Crippen LogP contribution in [0, 0.1) is 5.92 Å². The van der Waals surface area contributed by atoms with Crippen LogP contribution in [0.25, 0.3) is 0 Å². The molecule has 0 radical (unpaired) electrons. The summed E-state index contributed by atoms with van der Waals surface area (Å²) in [6.07, 6.45) is 8.40. The quantitative estimate of drug-likeness (QED) is 0.739. The molecule has 94 valence electrons. The summed E-state index contributed by atoms with van der Waals surface area (Å²) in [5.41, 5.74) is 0.533. The van der Waals surface area contributed by atoms with Gasteiger partial charge in [-0.3, -0.25) is 4.90 Å². The molecule has 16 heavy (non-hydrogen) atoms. The maximum atomic E-state index is 3.65. The van der Waals surface area contributed by atoms with E-state index in [0.29, 0.717) is 5.54 Å². The van der Waals surface area contributed by atoms with Crippen LogP contribution in [0.5, 0.6) is 0 Å². The van der Waals surface area contributed by atoms with Crippen molar-refractivity contribution in [3.05, 3.63) is 0 Å². The van der Waals surface area contributed by atoms with Gasteiger partial charge in [0.05, 0.1) is 0 Å². The average molecular weight is 224 g/mol. The molecule has 0 bridgehead atoms. The molecule has 2 atom stereocenters. The number of hydrogen-bond donors (Lipinski definition) is 1. The second-order valence-electron chi connectivity index (χ2n) is 5.96. The Morgan fingerprint density at radius 1 is 1.38 bits per heavy atom. The highest BCUT2D eigenvalue weighted by Gasteiger charge is 2.42. The van der Waals surface area contributed by atoms with Crippen molar-refractivity contribution >= 4 is 0 Å². The van der Waals surface area contributed by atoms with E-state index in [1.54, 1.807) is 0 Å². The molecular weight excluding hydrogens is 196 g/mol. The summed E-state index contributed by atoms with van der Waals surface area (Å²) in [6.45, 7) is 9.84. The van der Waals surface area contributed by atoms with Crippen molar-refractivity contribution in [3.63, 3.8) is 0 Å². The first-order valence-corrected chi connectivity index (χ1v) is 7.22. The minimum atomic E-state index is 0.533. The van der Waals surface area contributed by atoms with Crippen LogP contribution in [0.15, 0.2) is 0 Å². The molecule has 2 rings (SSSR count). The number of likely N-dealkylation sites (tertiary alicyclic amines) is 1. The molecular formula is C14H28N2. The Labute approximate surface area is 101 Å². The molecule has 2 heteroatoms. The van der Waals surface area contributed by atoms with Gasteiger partial charge in [-0.25, -0.2) is 0 Å². The Kier molecular flexibility index (Phi) is 4.26. The fourth-order valence-electron chi connectivity index (χ4n) is 3.67. The third kappa shape index (κ3) is 2.60. The highest BCUT2D eigenvalue weighted by atomic mass is 15.2. The number of unbranched alkanes of at least 4 members (excludes halogenated alkanes) is 2. The van der Waals surface area contributed by atoms with Crippen molar-refractivity contribution in [2.24, 2.45) is 5.92 Å². The van der Waals surface area contributed by atoms with Gasteiger partial charge in [-0.05, 0) is 51.2 Å². The number of nitrogens with one attached hydrogen (secondary N) is 1. The first-order chi connectivity index (χ1) is 7.77. The van der Waals surface area contributed by atoms with Crippen LogP contribution in [0.4, 0.5) is 0 Å². The summed E-state index contributed by atoms with van der Waals surface area (Å²) < 4.78 is 0. The highest BCUT2D eigenvalue weighted by Crippen LogP contribution is 2.36. The standard InChI is InChI=1S/C14H28N2/c1-3-4-5-8-16-9-6-7-14(16)10-13(2)11-15-12-14/h13,15H,3-12H2,1-2H3. The van der Waals surface area contributed by atoms with Gasteiger partial charge in [-0.15, -0.1) is 0 Å². The lowest BCUT2D eigenvalue weighted by atomic mass is 9.82. The Morgan fingerprint density at radius 2 is 2.25 bits per heavy atom. The maximum Gasteiger partial charge on any atom is 0.0337 e. The van der Waals surface area contributed by atoms with Gasteiger partial charge in [-0.1, -0.05) is 26.7 Å². The Balaban J connectivity index is 1.90. The van der Waals surface area contributed by atoms with Gasteiger partial charge < -0.3 is 5.32 Å². The van der Waals surface area contributed by atoms with Crippen LogP contribution < -0.4 is 5.32 Å². The Bertz CT molecular complexity index is 217. The fraction of sp³-hybridized carbons (Fsp3) is 1.00. The van der Waals surface area contributed by atoms with Crippen LogP contribution >= 0.6 is 0 Å². The number of piperidine rings is 1. The molecule has 1 spiro atoms. The first kappa shape index (κ1) is 12.4. The van der Waals surface area contributed by atoms with E-state index in [1.807, 2.05) is 0 Å². The van der Waals surface area contributed by atoms with Gasteiger partial charge in [0, 0.05) is 12.1 Å². The summed E-state index contributed by atoms with van der Waals surface area (Å²) >= 11 is 0. The van der Waals surface area contributed by atoms with Crippen molar-refractivity contribution < 1.29 is 0 Å². The van der Waals surface area contributed by atoms with E-state index in [-0.39, 0.29) is 0 Å². The topological polar surface area (TPSA) is 15.3 Å². The summed E-state index contributed by atoms with van der Waals surface area (Å²) in [5, 5.41) is 3.65. The van der Waals surface area contributed by atoms with E-state index < -0.39 is 0 Å². The summed E-state index contributed by atoms with van der Waals surface area (Å²) in [5.74, 6) is 0.862. The monoisotopic (exact) mass is 224 g/mol. The lowest BCUT2D eigenvalue weighted by Gasteiger charge is -2.44. The third-order valence-corrected chi connectivity index (χ3v) is 4.45. The molecule has 0 aromatic carbocycles. The molecule has 2 fully saturated rings. The predicted molar refractivity (Wildman–Crippen MR) is 69.7 cm³/mol. The Morgan fingerprint density at radius 3 is 3.00 bits per heavy atom. The fourth-order valence-corrected chi connectivity index (χ4v) is 3.67. The van der Waals surface area contributed by atoms with Crippen molar-refractivity contribution in [2.75, 3.05) is 26.2 Å². The predicted octanol–water partition coefficient (Wildman–Crippen LogP) is 2.64. The van der Waals surface area contributed by atoms with Gasteiger partial charge >= 0.3 is 0 Å². The second-order valence-corrected chi connectivity index (χ2v) is 5.96. The van der Waals surface area contributed by atoms with E-state index in [4.69, 9.17) is 0 Å². The van der Waals surface area contributed by atoms with Crippen molar-refractivity contribution in [1.29, 1.82) is 0 Å². The van der Waals surface area contributed by atoms with Crippen LogP contribution in [0.1, 0.15) is 52.4 Å². The summed E-state index contributed by atoms with van der Waals surface area (Å²) in [4.78, 5) is 2.80. The largest absolute Gasteiger partial charge is 0.315 e. The molecule has 1 N–H and O–H groups in total. The summed E-state index contributed by atoms with van der Waals surface area (Å²) in [6, 6.07) is 0. The van der Waals surface area contributed by atoms with E-state index in [2.05, 4.69) is 24.1 Å². The van der Waals surface area contributed by atoms with Gasteiger partial charge in [0.15, 0.2) is 0 Å². The third-order valence-electron chi connectivity index (χ3n) is 4.45. The normalized spacial score (nSPS) is 36.0. The molecule has 2 aliphatic rings. The van der Waals surface area contributed by atoms with Crippen LogP contribution in [-0.2, 0) is 0 Å². The second kappa shape index (κ2) is 5.50. The average Bonchev–Trinajstić information content (AvgIpc) is 2.62. The molecule has 0 aromatic heterocycles. The van der Waals surface area contributed by atoms with E-state index >= 15 is 0 Å². The molecule has 2 heterocycles. The SMILES string of the molecule is CCCCCN1CCCC12CNCC(C)C2. The number of hydrogen-bond acceptors (Lipinski definition) is 2. The van der Waals surface area contributed by atoms with Gasteiger partial charge in [0.25, 0.3) is 0 Å². The van der Waals surface area contributed by atoms with Crippen molar-refractivity contribution in [2.45, 2.75) is 57.9 Å². The number of rotatable bonds is 4. The smallest absolute Gasteiger partial charge is 0.0337 e. The molecule has 2 unspecified atom stereocenters. The highest BCUT2D eigenvalue weighted by molar-refractivity contribution is 5.00. The number of nitrogens with zero attached hydrogens (tertiary/aromatic N) is 1. The zero-order valence-electron chi connectivity index (χ0n) is 11.1. The molecule has 0 aliphatic carbocycles. The lowest BCUT2D eigenvalue weighted by molar-refractivity contribution is 0.0826. The first-order valence-electron chi connectivity index (χ1n) is 7.22. The van der Waals surface area contributed by atoms with Crippen molar-refractivity contribution in [1.82, 2.24) is 10.2 Å². The molecule has 0 aromatic rings. The van der Waals surface area contributed by atoms with E-state index in [0.717, 1.165) is 5.92 Å². The Hall–Kier alpha value is -0.0800. The lowest BCUT2D eigenvalue weighted by Crippen LogP contribution is -2.56. The van der Waals surface area contributed by atoms with Crippen LogP contribution in [0.3, 0.4) is 0 Å². The van der Waals surface area contributed by atoms with Crippen molar-refractivity contribution in [3.8, 4) is 0 Å². The van der Waals surface area contributed by atoms with E-state index in [1.165, 1.54) is 64.7 Å². The molecule has 2 aliphatic heterocycles. The van der Waals surface area contributed by atoms with E-state index in [9.17, 15) is 0 Å². The van der Waals surface area contributed by atoms with Gasteiger partial charge in [-0.2, -0.15) is 0 Å². The molecule has 2 saturated heterocycles. The zero-order valence-corrected chi connectivity index (χ0v) is 11.1. The van der Waals surface area contributed by atoms with Crippen LogP contribution in [0.2, 0.25) is 0 Å². The zero-order chi connectivity index (χ0) is 11.4. The van der Waals surface area contributed by atoms with Gasteiger partial charge in [0.2, 0.25) is 0 Å². The minimum Gasteiger partial charge on any atom is -0.315 e.